The van der Waals surface area contributed by atoms with Crippen LogP contribution < -0.4 is 5.73 Å². The molecule has 1 atom stereocenters. The van der Waals surface area contributed by atoms with Gasteiger partial charge in [0.25, 0.3) is 0 Å². The predicted octanol–water partition coefficient (Wildman–Crippen LogP) is 0.800. The van der Waals surface area contributed by atoms with Crippen LogP contribution in [0.1, 0.15) is 19.8 Å². The number of aryl methyl sites for hydroxylation is 1. The highest BCUT2D eigenvalue weighted by molar-refractivity contribution is 5.85. The molecular weight excluding hydrogens is 298 g/mol. The number of carbonyl (C=O) groups excluding carboxylic acids is 1. The lowest BCUT2D eigenvalue weighted by atomic mass is 9.90. The lowest BCUT2D eigenvalue weighted by Crippen LogP contribution is -2.34. The molecular formula is C12H20ClN5O3. The third-order valence-corrected chi connectivity index (χ3v) is 3.79. The Morgan fingerprint density at radius 3 is 2.86 bits per heavy atom. The fraction of sp³-hybridized carbons (Fsp3) is 0.667. The van der Waals surface area contributed by atoms with Crippen molar-refractivity contribution in [3.63, 3.8) is 0 Å². The number of rotatable bonds is 5. The molecule has 1 aliphatic rings. The summed E-state index contributed by atoms with van der Waals surface area (Å²) in [7, 11) is 0. The normalized spacial score (nSPS) is 21.1. The number of carbonyl (C=O) groups is 1. The summed E-state index contributed by atoms with van der Waals surface area (Å²) in [5, 5.41) is 14.4. The van der Waals surface area contributed by atoms with E-state index < -0.39 is 4.92 Å². The van der Waals surface area contributed by atoms with Gasteiger partial charge in [-0.15, -0.1) is 12.4 Å². The monoisotopic (exact) mass is 317 g/mol. The van der Waals surface area contributed by atoms with Gasteiger partial charge in [-0.25, -0.2) is 0 Å². The maximum absolute atomic E-state index is 12.1. The first-order chi connectivity index (χ1) is 9.43. The topological polar surface area (TPSA) is 107 Å². The Kier molecular flexibility index (Phi) is 5.68. The smallest absolute Gasteiger partial charge is 0.306 e. The number of aromatic nitrogens is 2. The summed E-state index contributed by atoms with van der Waals surface area (Å²) in [5.41, 5.74) is 5.66. The molecule has 2 heterocycles. The molecule has 1 unspecified atom stereocenters. The maximum Gasteiger partial charge on any atom is 0.306 e. The van der Waals surface area contributed by atoms with Gasteiger partial charge in [0.2, 0.25) is 5.91 Å². The van der Waals surface area contributed by atoms with Crippen molar-refractivity contribution in [2.24, 2.45) is 11.1 Å². The molecule has 0 aromatic carbocycles. The first-order valence-electron chi connectivity index (χ1n) is 6.58. The fourth-order valence-electron chi connectivity index (χ4n) is 2.34. The van der Waals surface area contributed by atoms with E-state index in [0.717, 1.165) is 13.0 Å². The zero-order valence-electron chi connectivity index (χ0n) is 11.9. The molecule has 0 saturated carbocycles. The Morgan fingerprint density at radius 2 is 2.33 bits per heavy atom. The van der Waals surface area contributed by atoms with Crippen LogP contribution in [0.4, 0.5) is 5.69 Å². The minimum absolute atomic E-state index is 0. The van der Waals surface area contributed by atoms with Gasteiger partial charge in [0, 0.05) is 26.1 Å². The summed E-state index contributed by atoms with van der Waals surface area (Å²) in [5.74, 6) is 0.0420. The highest BCUT2D eigenvalue weighted by atomic mass is 35.5. The van der Waals surface area contributed by atoms with E-state index in [-0.39, 0.29) is 29.4 Å². The molecule has 1 fully saturated rings. The van der Waals surface area contributed by atoms with E-state index in [9.17, 15) is 14.9 Å². The third-order valence-electron chi connectivity index (χ3n) is 3.79. The largest absolute Gasteiger partial charge is 0.342 e. The minimum atomic E-state index is -0.502. The van der Waals surface area contributed by atoms with Gasteiger partial charge in [-0.2, -0.15) is 5.10 Å². The van der Waals surface area contributed by atoms with Crippen molar-refractivity contribution < 1.29 is 9.72 Å². The van der Waals surface area contributed by atoms with E-state index in [4.69, 9.17) is 5.73 Å². The quantitative estimate of drug-likeness (QED) is 0.638. The summed E-state index contributed by atoms with van der Waals surface area (Å²) < 4.78 is 1.42. The highest BCUT2D eigenvalue weighted by Gasteiger charge is 2.34. The molecule has 1 aromatic rings. The first-order valence-corrected chi connectivity index (χ1v) is 6.58. The van der Waals surface area contributed by atoms with Crippen LogP contribution in [-0.4, -0.2) is 45.1 Å². The molecule has 8 nitrogen and oxygen atoms in total. The molecule has 1 amide bonds. The van der Waals surface area contributed by atoms with E-state index in [2.05, 4.69) is 12.0 Å². The standard InChI is InChI=1S/C12H19N5O3.ClH/c1-12(8-13)3-5-15(9-12)11(18)2-4-16-7-10(6-14-16)17(19)20;/h6-7H,2-5,8-9,13H2,1H3;1H. The van der Waals surface area contributed by atoms with E-state index in [1.54, 1.807) is 0 Å². The number of amides is 1. The van der Waals surface area contributed by atoms with Crippen LogP contribution in [-0.2, 0) is 11.3 Å². The molecule has 9 heteroatoms. The number of hydrogen-bond acceptors (Lipinski definition) is 5. The molecule has 0 aliphatic carbocycles. The van der Waals surface area contributed by atoms with Gasteiger partial charge in [-0.05, 0) is 18.4 Å². The van der Waals surface area contributed by atoms with E-state index in [1.807, 2.05) is 4.90 Å². The number of halogens is 1. The molecule has 0 radical (unpaired) electrons. The number of nitrogens with zero attached hydrogens (tertiary/aromatic N) is 4. The second-order valence-electron chi connectivity index (χ2n) is 5.55. The van der Waals surface area contributed by atoms with Gasteiger partial charge in [0.15, 0.2) is 0 Å². The lowest BCUT2D eigenvalue weighted by molar-refractivity contribution is -0.385. The Bertz CT molecular complexity index is 521. The van der Waals surface area contributed by atoms with E-state index in [0.29, 0.717) is 26.1 Å². The van der Waals surface area contributed by atoms with Crippen LogP contribution in [0.5, 0.6) is 0 Å². The maximum atomic E-state index is 12.1. The average molecular weight is 318 g/mol. The van der Waals surface area contributed by atoms with Gasteiger partial charge < -0.3 is 10.6 Å². The molecule has 0 bridgehead atoms. The van der Waals surface area contributed by atoms with Gasteiger partial charge in [0.05, 0.1) is 4.92 Å². The van der Waals surface area contributed by atoms with Gasteiger partial charge in [-0.1, -0.05) is 6.92 Å². The SMILES string of the molecule is CC1(CN)CCN(C(=O)CCn2cc([N+](=O)[O-])cn2)C1.Cl. The van der Waals surface area contributed by atoms with Crippen LogP contribution >= 0.6 is 12.4 Å². The third kappa shape index (κ3) is 4.15. The van der Waals surface area contributed by atoms with E-state index in [1.165, 1.54) is 17.1 Å². The summed E-state index contributed by atoms with van der Waals surface area (Å²) in [6.45, 7) is 4.41. The highest BCUT2D eigenvalue weighted by Crippen LogP contribution is 2.28. The van der Waals surface area contributed by atoms with Crippen molar-refractivity contribution in [3.05, 3.63) is 22.5 Å². The lowest BCUT2D eigenvalue weighted by Gasteiger charge is -2.22. The molecule has 1 aromatic heterocycles. The van der Waals surface area contributed by atoms with Gasteiger partial charge in [-0.3, -0.25) is 19.6 Å². The summed E-state index contributed by atoms with van der Waals surface area (Å²) in [4.78, 5) is 23.9. The van der Waals surface area contributed by atoms with Crippen LogP contribution in [0.2, 0.25) is 0 Å². The van der Waals surface area contributed by atoms with Gasteiger partial charge >= 0.3 is 5.69 Å². The molecule has 0 spiro atoms. The number of nitrogens with two attached hydrogens (primary N) is 1. The van der Waals surface area contributed by atoms with Crippen molar-refractivity contribution in [3.8, 4) is 0 Å². The first kappa shape index (κ1) is 17.4. The second-order valence-corrected chi connectivity index (χ2v) is 5.55. The second kappa shape index (κ2) is 6.86. The van der Waals surface area contributed by atoms with E-state index >= 15 is 0 Å². The summed E-state index contributed by atoms with van der Waals surface area (Å²) >= 11 is 0. The number of hydrogen-bond donors (Lipinski definition) is 1. The van der Waals surface area contributed by atoms with Crippen LogP contribution in [0.15, 0.2) is 12.4 Å². The molecule has 1 saturated heterocycles. The van der Waals surface area contributed by atoms with Crippen LogP contribution in [0.25, 0.3) is 0 Å². The average Bonchev–Trinajstić information content (AvgIpc) is 3.03. The Balaban J connectivity index is 0.00000220. The Hall–Kier alpha value is -1.67. The minimum Gasteiger partial charge on any atom is -0.342 e. The Morgan fingerprint density at radius 1 is 1.62 bits per heavy atom. The molecule has 1 aliphatic heterocycles. The fourth-order valence-corrected chi connectivity index (χ4v) is 2.34. The molecule has 2 rings (SSSR count). The molecule has 21 heavy (non-hydrogen) atoms. The van der Waals surface area contributed by atoms with Crippen molar-refractivity contribution in [2.75, 3.05) is 19.6 Å². The van der Waals surface area contributed by atoms with Crippen molar-refractivity contribution in [2.45, 2.75) is 26.3 Å². The van der Waals surface area contributed by atoms with Crippen molar-refractivity contribution in [1.82, 2.24) is 14.7 Å². The zero-order chi connectivity index (χ0) is 14.8. The summed E-state index contributed by atoms with van der Waals surface area (Å²) in [6.07, 6.45) is 3.73. The van der Waals surface area contributed by atoms with Crippen LogP contribution in [0.3, 0.4) is 0 Å². The summed E-state index contributed by atoms with van der Waals surface area (Å²) in [6, 6.07) is 0. The van der Waals surface area contributed by atoms with Crippen molar-refractivity contribution >= 4 is 24.0 Å². The molecule has 2 N–H and O–H groups in total. The van der Waals surface area contributed by atoms with Crippen molar-refractivity contribution in [1.29, 1.82) is 0 Å². The van der Waals surface area contributed by atoms with Gasteiger partial charge in [0.1, 0.15) is 12.4 Å². The van der Waals surface area contributed by atoms with Crippen LogP contribution in [0, 0.1) is 15.5 Å². The predicted molar refractivity (Wildman–Crippen MR) is 79.1 cm³/mol. The Labute approximate surface area is 128 Å². The number of likely N-dealkylation sites (tertiary alicyclic amines) is 1. The molecule has 118 valence electrons. The zero-order valence-corrected chi connectivity index (χ0v) is 12.7. The number of nitro groups is 1.